The number of carboxylic acids is 2. The average Bonchev–Trinajstić information content (AvgIpc) is 2.57. The molecule has 1 aliphatic heterocycles. The summed E-state index contributed by atoms with van der Waals surface area (Å²) in [5.41, 5.74) is 0. The minimum absolute atomic E-state index is 0.558. The zero-order valence-electron chi connectivity index (χ0n) is 7.19. The summed E-state index contributed by atoms with van der Waals surface area (Å²) in [4.78, 5) is 19.1. The van der Waals surface area contributed by atoms with Crippen molar-refractivity contribution in [1.82, 2.24) is 5.32 Å². The SMILES string of the molecule is C1CCNC1.O=C(O)/C=C/C(=O)O. The van der Waals surface area contributed by atoms with E-state index in [4.69, 9.17) is 10.2 Å². The van der Waals surface area contributed by atoms with E-state index in [0.717, 1.165) is 0 Å². The highest BCUT2D eigenvalue weighted by molar-refractivity contribution is 5.89. The maximum atomic E-state index is 9.55. The first-order valence-electron chi connectivity index (χ1n) is 3.97. The number of carbonyl (C=O) groups is 2. The number of nitrogens with one attached hydrogen (secondary N) is 1. The summed E-state index contributed by atoms with van der Waals surface area (Å²) < 4.78 is 0. The Morgan fingerprint density at radius 1 is 1.00 bits per heavy atom. The van der Waals surface area contributed by atoms with E-state index in [1.165, 1.54) is 25.9 Å². The Kier molecular flexibility index (Phi) is 6.53. The molecule has 0 unspecified atom stereocenters. The van der Waals surface area contributed by atoms with E-state index in [1.54, 1.807) is 0 Å². The van der Waals surface area contributed by atoms with E-state index in [-0.39, 0.29) is 0 Å². The van der Waals surface area contributed by atoms with Crippen LogP contribution in [-0.4, -0.2) is 35.2 Å². The lowest BCUT2D eigenvalue weighted by Crippen LogP contribution is -2.03. The van der Waals surface area contributed by atoms with E-state index in [0.29, 0.717) is 12.2 Å². The molecule has 1 saturated heterocycles. The Hall–Kier alpha value is -1.36. The number of rotatable bonds is 2. The third kappa shape index (κ3) is 10.6. The maximum absolute atomic E-state index is 9.55. The normalized spacial score (nSPS) is 15.1. The van der Waals surface area contributed by atoms with Gasteiger partial charge in [0.2, 0.25) is 0 Å². The molecule has 0 bridgehead atoms. The quantitative estimate of drug-likeness (QED) is 0.533. The van der Waals surface area contributed by atoms with Crippen molar-refractivity contribution in [2.75, 3.05) is 13.1 Å². The van der Waals surface area contributed by atoms with E-state index < -0.39 is 11.9 Å². The van der Waals surface area contributed by atoms with Gasteiger partial charge < -0.3 is 15.5 Å². The second-order valence-electron chi connectivity index (χ2n) is 2.47. The Morgan fingerprint density at radius 3 is 1.54 bits per heavy atom. The van der Waals surface area contributed by atoms with Gasteiger partial charge in [0, 0.05) is 12.2 Å². The topological polar surface area (TPSA) is 86.6 Å². The summed E-state index contributed by atoms with van der Waals surface area (Å²) in [5, 5.41) is 18.8. The van der Waals surface area contributed by atoms with Crippen molar-refractivity contribution in [3.63, 3.8) is 0 Å². The van der Waals surface area contributed by atoms with Crippen LogP contribution in [0.1, 0.15) is 12.8 Å². The first-order chi connectivity index (χ1) is 6.13. The second kappa shape index (κ2) is 7.30. The molecule has 3 N–H and O–H groups in total. The lowest BCUT2D eigenvalue weighted by Gasteiger charge is -1.76. The summed E-state index contributed by atoms with van der Waals surface area (Å²) in [6.07, 6.45) is 3.89. The predicted molar refractivity (Wildman–Crippen MR) is 46.5 cm³/mol. The third-order valence-electron chi connectivity index (χ3n) is 1.33. The van der Waals surface area contributed by atoms with Crippen molar-refractivity contribution in [1.29, 1.82) is 0 Å². The van der Waals surface area contributed by atoms with Crippen LogP contribution in [0.25, 0.3) is 0 Å². The zero-order valence-corrected chi connectivity index (χ0v) is 7.19. The lowest BCUT2D eigenvalue weighted by atomic mass is 10.4. The van der Waals surface area contributed by atoms with Gasteiger partial charge in [-0.3, -0.25) is 0 Å². The monoisotopic (exact) mass is 187 g/mol. The first kappa shape index (κ1) is 11.6. The van der Waals surface area contributed by atoms with Gasteiger partial charge in [0.05, 0.1) is 0 Å². The number of carboxylic acid groups (broad SMARTS) is 2. The van der Waals surface area contributed by atoms with Crippen molar-refractivity contribution in [2.45, 2.75) is 12.8 Å². The fourth-order valence-corrected chi connectivity index (χ4v) is 0.768. The molecule has 0 aromatic heterocycles. The molecule has 0 aliphatic carbocycles. The summed E-state index contributed by atoms with van der Waals surface area (Å²) >= 11 is 0. The molecule has 74 valence electrons. The van der Waals surface area contributed by atoms with Gasteiger partial charge in [-0.1, -0.05) is 0 Å². The number of hydrogen-bond donors (Lipinski definition) is 3. The zero-order chi connectivity index (χ0) is 10.1. The standard InChI is InChI=1S/C4H9N.C4H4O4/c1-2-4-5-3-1;5-3(6)1-2-4(7)8/h5H,1-4H2;1-2H,(H,5,6)(H,7,8)/b;2-1+. The van der Waals surface area contributed by atoms with Gasteiger partial charge >= 0.3 is 11.9 Å². The van der Waals surface area contributed by atoms with Gasteiger partial charge in [-0.2, -0.15) is 0 Å². The van der Waals surface area contributed by atoms with Gasteiger partial charge in [-0.05, 0) is 25.9 Å². The van der Waals surface area contributed by atoms with E-state index in [9.17, 15) is 9.59 Å². The smallest absolute Gasteiger partial charge is 0.328 e. The molecule has 0 aromatic rings. The van der Waals surface area contributed by atoms with Crippen LogP contribution in [-0.2, 0) is 9.59 Å². The molecule has 5 heteroatoms. The van der Waals surface area contributed by atoms with Gasteiger partial charge in [0.1, 0.15) is 0 Å². The third-order valence-corrected chi connectivity index (χ3v) is 1.33. The second-order valence-corrected chi connectivity index (χ2v) is 2.47. The number of hydrogen-bond acceptors (Lipinski definition) is 3. The van der Waals surface area contributed by atoms with Crippen molar-refractivity contribution >= 4 is 11.9 Å². The van der Waals surface area contributed by atoms with Crippen LogP contribution in [0, 0.1) is 0 Å². The van der Waals surface area contributed by atoms with Crippen molar-refractivity contribution in [3.8, 4) is 0 Å². The highest BCUT2D eigenvalue weighted by Gasteiger charge is 1.93. The minimum atomic E-state index is -1.26. The molecule has 0 atom stereocenters. The largest absolute Gasteiger partial charge is 0.478 e. The first-order valence-corrected chi connectivity index (χ1v) is 3.97. The molecule has 5 nitrogen and oxygen atoms in total. The Labute approximate surface area is 76.1 Å². The van der Waals surface area contributed by atoms with Crippen LogP contribution in [0.15, 0.2) is 12.2 Å². The van der Waals surface area contributed by atoms with Crippen molar-refractivity contribution in [3.05, 3.63) is 12.2 Å². The van der Waals surface area contributed by atoms with Crippen LogP contribution in [0.4, 0.5) is 0 Å². The maximum Gasteiger partial charge on any atom is 0.328 e. The lowest BCUT2D eigenvalue weighted by molar-refractivity contribution is -0.134. The average molecular weight is 187 g/mol. The van der Waals surface area contributed by atoms with E-state index in [2.05, 4.69) is 5.32 Å². The molecule has 0 amide bonds. The van der Waals surface area contributed by atoms with Crippen LogP contribution < -0.4 is 5.32 Å². The summed E-state index contributed by atoms with van der Waals surface area (Å²) in [5.74, 6) is -2.51. The fourth-order valence-electron chi connectivity index (χ4n) is 0.768. The molecule has 0 aromatic carbocycles. The fraction of sp³-hybridized carbons (Fsp3) is 0.500. The molecule has 1 aliphatic rings. The molecule has 0 radical (unpaired) electrons. The van der Waals surface area contributed by atoms with Crippen LogP contribution >= 0.6 is 0 Å². The molecule has 0 saturated carbocycles. The van der Waals surface area contributed by atoms with E-state index in [1.807, 2.05) is 0 Å². The van der Waals surface area contributed by atoms with Gasteiger partial charge in [0.25, 0.3) is 0 Å². The Bertz CT molecular complexity index is 173. The van der Waals surface area contributed by atoms with Gasteiger partial charge in [-0.25, -0.2) is 9.59 Å². The van der Waals surface area contributed by atoms with Gasteiger partial charge in [-0.15, -0.1) is 0 Å². The molecule has 1 heterocycles. The molecule has 0 spiro atoms. The van der Waals surface area contributed by atoms with Gasteiger partial charge in [0.15, 0.2) is 0 Å². The van der Waals surface area contributed by atoms with Crippen molar-refractivity contribution in [2.24, 2.45) is 0 Å². The molecular weight excluding hydrogens is 174 g/mol. The minimum Gasteiger partial charge on any atom is -0.478 e. The van der Waals surface area contributed by atoms with Crippen molar-refractivity contribution < 1.29 is 19.8 Å². The van der Waals surface area contributed by atoms with Crippen LogP contribution in [0.5, 0.6) is 0 Å². The number of aliphatic carboxylic acids is 2. The molecule has 13 heavy (non-hydrogen) atoms. The molecule has 1 fully saturated rings. The highest BCUT2D eigenvalue weighted by atomic mass is 16.4. The molecule has 1 rings (SSSR count). The summed E-state index contributed by atoms with van der Waals surface area (Å²) in [6.45, 7) is 2.50. The molecular formula is C8H13NO4. The van der Waals surface area contributed by atoms with E-state index >= 15 is 0 Å². The van der Waals surface area contributed by atoms with Crippen LogP contribution in [0.3, 0.4) is 0 Å². The highest BCUT2D eigenvalue weighted by Crippen LogP contribution is 1.90. The summed E-state index contributed by atoms with van der Waals surface area (Å²) in [7, 11) is 0. The predicted octanol–water partition coefficient (Wildman–Crippen LogP) is 0.0816. The van der Waals surface area contributed by atoms with Crippen LogP contribution in [0.2, 0.25) is 0 Å². The Balaban J connectivity index is 0.000000243. The summed E-state index contributed by atoms with van der Waals surface area (Å²) in [6, 6.07) is 0. The Morgan fingerprint density at radius 2 is 1.38 bits per heavy atom.